The molecule has 4 nitrogen and oxygen atoms in total. The summed E-state index contributed by atoms with van der Waals surface area (Å²) in [6.45, 7) is 3.31. The number of aryl methyl sites for hydroxylation is 1. The molecule has 0 atom stereocenters. The molecule has 1 aromatic heterocycles. The summed E-state index contributed by atoms with van der Waals surface area (Å²) in [6, 6.07) is 9.16. The van der Waals surface area contributed by atoms with Crippen LogP contribution in [0.3, 0.4) is 0 Å². The van der Waals surface area contributed by atoms with E-state index in [2.05, 4.69) is 11.2 Å². The van der Waals surface area contributed by atoms with E-state index in [1.165, 1.54) is 0 Å². The van der Waals surface area contributed by atoms with Crippen molar-refractivity contribution in [3.8, 4) is 11.8 Å². The normalized spacial score (nSPS) is 10.2. The molecule has 0 bridgehead atoms. The van der Waals surface area contributed by atoms with Gasteiger partial charge in [0.05, 0.1) is 35.2 Å². The predicted octanol–water partition coefficient (Wildman–Crippen LogP) is 3.19. The lowest BCUT2D eigenvalue weighted by atomic mass is 10.2. The number of nitriles is 1. The third kappa shape index (κ3) is 3.49. The molecule has 2 aromatic rings. The number of rotatable bonds is 5. The molecule has 5 heteroatoms. The van der Waals surface area contributed by atoms with Gasteiger partial charge in [0.15, 0.2) is 0 Å². The monoisotopic (exact) mass is 275 g/mol. The SMILES string of the molecule is Cc1c(Cl)cnn1CCCOc1ccc(C#N)cc1. The zero-order valence-corrected chi connectivity index (χ0v) is 11.4. The molecule has 0 saturated carbocycles. The Morgan fingerprint density at radius 2 is 2.11 bits per heavy atom. The average Bonchev–Trinajstić information content (AvgIpc) is 2.76. The van der Waals surface area contributed by atoms with Gasteiger partial charge in [0.25, 0.3) is 0 Å². The first-order chi connectivity index (χ1) is 9.20. The van der Waals surface area contributed by atoms with Gasteiger partial charge in [-0.2, -0.15) is 10.4 Å². The topological polar surface area (TPSA) is 50.8 Å². The van der Waals surface area contributed by atoms with Crippen molar-refractivity contribution in [3.63, 3.8) is 0 Å². The number of aromatic nitrogens is 2. The van der Waals surface area contributed by atoms with E-state index in [1.807, 2.05) is 11.6 Å². The van der Waals surface area contributed by atoms with Crippen LogP contribution in [0.15, 0.2) is 30.5 Å². The van der Waals surface area contributed by atoms with E-state index in [9.17, 15) is 0 Å². The zero-order chi connectivity index (χ0) is 13.7. The minimum Gasteiger partial charge on any atom is -0.494 e. The van der Waals surface area contributed by atoms with Crippen LogP contribution in [-0.4, -0.2) is 16.4 Å². The first-order valence-corrected chi connectivity index (χ1v) is 6.39. The first kappa shape index (κ1) is 13.4. The highest BCUT2D eigenvalue weighted by Crippen LogP contribution is 2.14. The Kier molecular flexibility index (Phi) is 4.43. The summed E-state index contributed by atoms with van der Waals surface area (Å²) >= 11 is 5.93. The highest BCUT2D eigenvalue weighted by Gasteiger charge is 2.03. The Hall–Kier alpha value is -1.99. The van der Waals surface area contributed by atoms with Gasteiger partial charge in [-0.15, -0.1) is 0 Å². The minimum atomic E-state index is 0.600. The lowest BCUT2D eigenvalue weighted by Gasteiger charge is -2.07. The molecule has 0 N–H and O–H groups in total. The minimum absolute atomic E-state index is 0.600. The third-order valence-electron chi connectivity index (χ3n) is 2.81. The molecule has 1 heterocycles. The smallest absolute Gasteiger partial charge is 0.119 e. The number of nitrogens with zero attached hydrogens (tertiary/aromatic N) is 3. The standard InChI is InChI=1S/C14H14ClN3O/c1-11-14(15)10-17-18(11)7-2-8-19-13-5-3-12(9-16)4-6-13/h3-6,10H,2,7-8H2,1H3. The largest absolute Gasteiger partial charge is 0.494 e. The van der Waals surface area contributed by atoms with Crippen LogP contribution in [0.4, 0.5) is 0 Å². The number of halogens is 1. The Labute approximate surface area is 117 Å². The predicted molar refractivity (Wildman–Crippen MR) is 73.2 cm³/mol. The van der Waals surface area contributed by atoms with Crippen molar-refractivity contribution in [2.45, 2.75) is 19.9 Å². The Balaban J connectivity index is 1.77. The van der Waals surface area contributed by atoms with E-state index < -0.39 is 0 Å². The Bertz CT molecular complexity index is 584. The molecule has 0 radical (unpaired) electrons. The molecule has 19 heavy (non-hydrogen) atoms. The van der Waals surface area contributed by atoms with Crippen molar-refractivity contribution in [3.05, 3.63) is 46.7 Å². The summed E-state index contributed by atoms with van der Waals surface area (Å²) in [5.41, 5.74) is 1.61. The van der Waals surface area contributed by atoms with Crippen molar-refractivity contribution >= 4 is 11.6 Å². The quantitative estimate of drug-likeness (QED) is 0.788. The fourth-order valence-corrected chi connectivity index (χ4v) is 1.82. The fourth-order valence-electron chi connectivity index (χ4n) is 1.68. The van der Waals surface area contributed by atoms with Gasteiger partial charge < -0.3 is 4.74 Å². The van der Waals surface area contributed by atoms with Crippen molar-refractivity contribution < 1.29 is 4.74 Å². The lowest BCUT2D eigenvalue weighted by molar-refractivity contribution is 0.298. The summed E-state index contributed by atoms with van der Waals surface area (Å²) < 4.78 is 7.46. The lowest BCUT2D eigenvalue weighted by Crippen LogP contribution is -2.07. The van der Waals surface area contributed by atoms with Gasteiger partial charge in [0, 0.05) is 13.0 Å². The summed E-state index contributed by atoms with van der Waals surface area (Å²) in [5.74, 6) is 0.772. The molecule has 0 aliphatic heterocycles. The number of ether oxygens (including phenoxy) is 1. The molecule has 0 saturated heterocycles. The molecule has 0 unspecified atom stereocenters. The number of hydrogen-bond acceptors (Lipinski definition) is 3. The van der Waals surface area contributed by atoms with E-state index >= 15 is 0 Å². The molecule has 2 rings (SSSR count). The summed E-state index contributed by atoms with van der Waals surface area (Å²) in [5, 5.41) is 13.5. The van der Waals surface area contributed by atoms with Crippen molar-refractivity contribution in [1.82, 2.24) is 9.78 Å². The molecule has 0 aliphatic carbocycles. The molecular weight excluding hydrogens is 262 g/mol. The van der Waals surface area contributed by atoms with Gasteiger partial charge in [-0.3, -0.25) is 4.68 Å². The van der Waals surface area contributed by atoms with E-state index in [0.29, 0.717) is 17.2 Å². The van der Waals surface area contributed by atoms with E-state index in [1.54, 1.807) is 30.5 Å². The zero-order valence-electron chi connectivity index (χ0n) is 10.6. The van der Waals surface area contributed by atoms with Crippen LogP contribution in [0.25, 0.3) is 0 Å². The highest BCUT2D eigenvalue weighted by atomic mass is 35.5. The molecule has 0 spiro atoms. The van der Waals surface area contributed by atoms with E-state index in [-0.39, 0.29) is 0 Å². The van der Waals surface area contributed by atoms with Crippen molar-refractivity contribution in [2.24, 2.45) is 0 Å². The van der Waals surface area contributed by atoms with Crippen LogP contribution in [0.5, 0.6) is 5.75 Å². The number of hydrogen-bond donors (Lipinski definition) is 0. The van der Waals surface area contributed by atoms with Crippen LogP contribution in [-0.2, 0) is 6.54 Å². The van der Waals surface area contributed by atoms with Gasteiger partial charge in [-0.1, -0.05) is 11.6 Å². The van der Waals surface area contributed by atoms with E-state index in [0.717, 1.165) is 24.4 Å². The van der Waals surface area contributed by atoms with E-state index in [4.69, 9.17) is 21.6 Å². The van der Waals surface area contributed by atoms with Crippen LogP contribution >= 0.6 is 11.6 Å². The maximum atomic E-state index is 8.69. The number of benzene rings is 1. The van der Waals surface area contributed by atoms with Crippen LogP contribution in [0.2, 0.25) is 5.02 Å². The van der Waals surface area contributed by atoms with Gasteiger partial charge in [0.1, 0.15) is 5.75 Å². The summed E-state index contributed by atoms with van der Waals surface area (Å²) in [7, 11) is 0. The van der Waals surface area contributed by atoms with Crippen molar-refractivity contribution in [2.75, 3.05) is 6.61 Å². The van der Waals surface area contributed by atoms with Gasteiger partial charge >= 0.3 is 0 Å². The second kappa shape index (κ2) is 6.26. The highest BCUT2D eigenvalue weighted by molar-refractivity contribution is 6.31. The molecular formula is C14H14ClN3O. The van der Waals surface area contributed by atoms with Crippen LogP contribution in [0.1, 0.15) is 17.7 Å². The summed E-state index contributed by atoms with van der Waals surface area (Å²) in [4.78, 5) is 0. The first-order valence-electron chi connectivity index (χ1n) is 6.01. The Morgan fingerprint density at radius 1 is 1.37 bits per heavy atom. The maximum absolute atomic E-state index is 8.69. The molecule has 0 amide bonds. The molecule has 0 fully saturated rings. The van der Waals surface area contributed by atoms with Crippen LogP contribution < -0.4 is 4.74 Å². The van der Waals surface area contributed by atoms with Gasteiger partial charge in [-0.05, 0) is 31.2 Å². The maximum Gasteiger partial charge on any atom is 0.119 e. The van der Waals surface area contributed by atoms with Gasteiger partial charge in [0.2, 0.25) is 0 Å². The van der Waals surface area contributed by atoms with Crippen molar-refractivity contribution in [1.29, 1.82) is 5.26 Å². The second-order valence-electron chi connectivity index (χ2n) is 4.14. The Morgan fingerprint density at radius 3 is 2.68 bits per heavy atom. The third-order valence-corrected chi connectivity index (χ3v) is 3.18. The summed E-state index contributed by atoms with van der Waals surface area (Å²) in [6.07, 6.45) is 2.50. The second-order valence-corrected chi connectivity index (χ2v) is 4.55. The molecule has 98 valence electrons. The fraction of sp³-hybridized carbons (Fsp3) is 0.286. The van der Waals surface area contributed by atoms with Crippen LogP contribution in [0, 0.1) is 18.3 Å². The molecule has 1 aromatic carbocycles. The molecule has 0 aliphatic rings. The van der Waals surface area contributed by atoms with Gasteiger partial charge in [-0.25, -0.2) is 0 Å². The average molecular weight is 276 g/mol.